The van der Waals surface area contributed by atoms with Crippen LogP contribution in [0.1, 0.15) is 33.1 Å². The Labute approximate surface area is 240 Å². The topological polar surface area (TPSA) is 138 Å². The predicted octanol–water partition coefficient (Wildman–Crippen LogP) is -0.533. The number of aliphatic hydroxyl groups is 1. The molecule has 0 saturated carbocycles. The van der Waals surface area contributed by atoms with Crippen LogP contribution in [0.25, 0.3) is 0 Å². The summed E-state index contributed by atoms with van der Waals surface area (Å²) in [5, 5.41) is 13.0. The van der Waals surface area contributed by atoms with Gasteiger partial charge in [-0.2, -0.15) is 0 Å². The van der Waals surface area contributed by atoms with Crippen LogP contribution in [0.3, 0.4) is 0 Å². The number of esters is 1. The second-order valence-corrected chi connectivity index (χ2v) is 11.5. The van der Waals surface area contributed by atoms with E-state index in [2.05, 4.69) is 10.2 Å². The predicted molar refractivity (Wildman–Crippen MR) is 146 cm³/mol. The van der Waals surface area contributed by atoms with Crippen LogP contribution in [0.15, 0.2) is 24.3 Å². The molecule has 12 nitrogen and oxygen atoms in total. The number of hydrogen-bond acceptors (Lipinski definition) is 9. The molecule has 5 aliphatic heterocycles. The number of nitrogens with one attached hydrogen (secondary N) is 1. The summed E-state index contributed by atoms with van der Waals surface area (Å²) in [6, 6.07) is -1.65. The number of carbonyl (C=O) groups excluding carboxylic acids is 4. The molecule has 226 valence electrons. The highest BCUT2D eigenvalue weighted by Crippen LogP contribution is 2.53. The maximum atomic E-state index is 14.3. The number of carbonyl (C=O) groups is 4. The van der Waals surface area contributed by atoms with Crippen molar-refractivity contribution in [2.45, 2.75) is 63.0 Å². The van der Waals surface area contributed by atoms with Gasteiger partial charge in [-0.1, -0.05) is 31.2 Å². The monoisotopic (exact) mass is 574 g/mol. The van der Waals surface area contributed by atoms with Crippen LogP contribution < -0.4 is 5.32 Å². The number of rotatable bonds is 6. The summed E-state index contributed by atoms with van der Waals surface area (Å²) in [6.07, 6.45) is 6.85. The molecule has 3 amide bonds. The Morgan fingerprint density at radius 1 is 1.12 bits per heavy atom. The minimum absolute atomic E-state index is 0.146. The van der Waals surface area contributed by atoms with Crippen LogP contribution >= 0.6 is 0 Å². The van der Waals surface area contributed by atoms with Crippen molar-refractivity contribution in [3.8, 4) is 0 Å². The Bertz CT molecular complexity index is 1070. The molecule has 5 heterocycles. The first-order valence-electron chi connectivity index (χ1n) is 14.8. The number of likely N-dealkylation sites (tertiary alicyclic amines) is 1. The summed E-state index contributed by atoms with van der Waals surface area (Å²) >= 11 is 0. The molecule has 0 aliphatic carbocycles. The highest BCUT2D eigenvalue weighted by molar-refractivity contribution is 5.99. The van der Waals surface area contributed by atoms with Crippen molar-refractivity contribution in [1.29, 1.82) is 0 Å². The third kappa shape index (κ3) is 5.67. The van der Waals surface area contributed by atoms with Crippen molar-refractivity contribution in [3.63, 3.8) is 0 Å². The van der Waals surface area contributed by atoms with Crippen LogP contribution in [0.5, 0.6) is 0 Å². The van der Waals surface area contributed by atoms with Gasteiger partial charge >= 0.3 is 5.97 Å². The fourth-order valence-electron chi connectivity index (χ4n) is 6.74. The van der Waals surface area contributed by atoms with E-state index < -0.39 is 53.6 Å². The molecule has 0 radical (unpaired) electrons. The summed E-state index contributed by atoms with van der Waals surface area (Å²) < 4.78 is 17.8. The Morgan fingerprint density at radius 3 is 2.63 bits per heavy atom. The summed E-state index contributed by atoms with van der Waals surface area (Å²) in [6.45, 7) is 7.75. The SMILES string of the molecule is CC[C@@H](CO)N1C(=O)[C@H]2[C@@H]3C(=O)O[C@@H](C)CNC(=O)CC/C=C\[C@@H]3O[C@]23C=CCN(CCN2CCOCC2)C(=O)[C@H]13. The smallest absolute Gasteiger partial charge is 0.313 e. The second-order valence-electron chi connectivity index (χ2n) is 11.5. The van der Waals surface area contributed by atoms with Gasteiger partial charge < -0.3 is 34.4 Å². The van der Waals surface area contributed by atoms with Gasteiger partial charge in [0.25, 0.3) is 0 Å². The summed E-state index contributed by atoms with van der Waals surface area (Å²) in [5.74, 6) is -3.40. The number of aliphatic hydroxyl groups excluding tert-OH is 1. The number of nitrogens with zero attached hydrogens (tertiary/aromatic N) is 3. The molecule has 5 rings (SSSR count). The van der Waals surface area contributed by atoms with Crippen LogP contribution in [-0.4, -0.2) is 132 Å². The van der Waals surface area contributed by atoms with Gasteiger partial charge in [0.15, 0.2) is 0 Å². The van der Waals surface area contributed by atoms with Crippen molar-refractivity contribution in [1.82, 2.24) is 20.0 Å². The zero-order chi connectivity index (χ0) is 29.1. The van der Waals surface area contributed by atoms with E-state index in [1.807, 2.05) is 13.0 Å². The number of allylic oxidation sites excluding steroid dienone is 1. The average molecular weight is 575 g/mol. The first kappa shape index (κ1) is 29.7. The third-order valence-electron chi connectivity index (χ3n) is 8.92. The van der Waals surface area contributed by atoms with Crippen molar-refractivity contribution < 1.29 is 38.5 Å². The van der Waals surface area contributed by atoms with E-state index in [1.54, 1.807) is 30.1 Å². The molecule has 41 heavy (non-hydrogen) atoms. The number of morpholine rings is 1. The molecule has 0 unspecified atom stereocenters. The number of cyclic esters (lactones) is 1. The fraction of sp³-hybridized carbons (Fsp3) is 0.724. The lowest BCUT2D eigenvalue weighted by atomic mass is 9.78. The average Bonchev–Trinajstić information content (AvgIpc) is 3.36. The second kappa shape index (κ2) is 12.6. The van der Waals surface area contributed by atoms with Gasteiger partial charge in [0, 0.05) is 39.1 Å². The van der Waals surface area contributed by atoms with E-state index in [4.69, 9.17) is 14.2 Å². The van der Waals surface area contributed by atoms with Gasteiger partial charge in [-0.05, 0) is 19.8 Å². The zero-order valence-corrected chi connectivity index (χ0v) is 23.9. The minimum Gasteiger partial charge on any atom is -0.460 e. The molecule has 3 saturated heterocycles. The summed E-state index contributed by atoms with van der Waals surface area (Å²) in [5.41, 5.74) is -1.40. The highest BCUT2D eigenvalue weighted by atomic mass is 16.6. The minimum atomic E-state index is -1.40. The molecule has 12 heteroatoms. The normalized spacial score (nSPS) is 36.3. The summed E-state index contributed by atoms with van der Waals surface area (Å²) in [4.78, 5) is 59.9. The lowest BCUT2D eigenvalue weighted by Crippen LogP contribution is -2.58. The quantitative estimate of drug-likeness (QED) is 0.317. The van der Waals surface area contributed by atoms with Gasteiger partial charge in [0.2, 0.25) is 17.7 Å². The number of ether oxygens (including phenoxy) is 3. The molecule has 1 spiro atoms. The lowest BCUT2D eigenvalue weighted by Gasteiger charge is -2.38. The van der Waals surface area contributed by atoms with E-state index >= 15 is 0 Å². The number of amides is 3. The van der Waals surface area contributed by atoms with Gasteiger partial charge in [-0.15, -0.1) is 0 Å². The van der Waals surface area contributed by atoms with E-state index in [9.17, 15) is 24.3 Å². The molecular formula is C29H42N4O8. The first-order valence-corrected chi connectivity index (χ1v) is 14.8. The van der Waals surface area contributed by atoms with Crippen LogP contribution in [0.4, 0.5) is 0 Å². The number of fused-ring (bicyclic) bond motifs is 2. The Morgan fingerprint density at radius 2 is 1.90 bits per heavy atom. The van der Waals surface area contributed by atoms with Crippen LogP contribution in [-0.2, 0) is 33.4 Å². The molecular weight excluding hydrogens is 532 g/mol. The van der Waals surface area contributed by atoms with Crippen molar-refractivity contribution >= 4 is 23.7 Å². The standard InChI is InChI=1S/C29H42N4O8/c1-3-20(18-34)33-25-27(37)32(12-11-31-13-15-39-16-14-31)10-6-9-29(25)24(26(33)36)23-21(41-29)7-4-5-8-22(35)30-17-19(2)40-28(23)38/h4,6-7,9,19-21,23-25,34H,3,5,8,10-18H2,1-2H3,(H,30,35)/b7-4-/t19-,20-,21-,23+,24+,25-,29+/m0/s1. The third-order valence-corrected chi connectivity index (χ3v) is 8.92. The van der Waals surface area contributed by atoms with E-state index in [0.29, 0.717) is 45.7 Å². The van der Waals surface area contributed by atoms with Crippen molar-refractivity contribution in [3.05, 3.63) is 24.3 Å². The summed E-state index contributed by atoms with van der Waals surface area (Å²) in [7, 11) is 0. The van der Waals surface area contributed by atoms with Gasteiger partial charge in [0.1, 0.15) is 23.7 Å². The molecule has 0 aromatic heterocycles. The van der Waals surface area contributed by atoms with Crippen LogP contribution in [0, 0.1) is 11.8 Å². The zero-order valence-electron chi connectivity index (χ0n) is 23.9. The van der Waals surface area contributed by atoms with Crippen molar-refractivity contribution in [2.75, 3.05) is 59.1 Å². The maximum Gasteiger partial charge on any atom is 0.313 e. The first-order chi connectivity index (χ1) is 19.8. The van der Waals surface area contributed by atoms with Gasteiger partial charge in [-0.25, -0.2) is 0 Å². The molecule has 0 aromatic carbocycles. The van der Waals surface area contributed by atoms with Crippen LogP contribution in [0.2, 0.25) is 0 Å². The number of hydrogen-bond donors (Lipinski definition) is 2. The van der Waals surface area contributed by atoms with Gasteiger partial charge in [-0.3, -0.25) is 24.1 Å². The Hall–Kier alpha value is -2.80. The lowest BCUT2D eigenvalue weighted by molar-refractivity contribution is -0.159. The maximum absolute atomic E-state index is 14.3. The fourth-order valence-corrected chi connectivity index (χ4v) is 6.74. The van der Waals surface area contributed by atoms with Gasteiger partial charge in [0.05, 0.1) is 44.4 Å². The van der Waals surface area contributed by atoms with E-state index in [0.717, 1.165) is 13.1 Å². The molecule has 0 aromatic rings. The molecule has 3 fully saturated rings. The van der Waals surface area contributed by atoms with E-state index in [1.165, 1.54) is 4.90 Å². The molecule has 0 bridgehead atoms. The Balaban J connectivity index is 1.51. The molecule has 7 atom stereocenters. The van der Waals surface area contributed by atoms with E-state index in [-0.39, 0.29) is 31.4 Å². The molecule has 2 N–H and O–H groups in total. The Kier molecular flexibility index (Phi) is 9.12. The van der Waals surface area contributed by atoms with Crippen molar-refractivity contribution in [2.24, 2.45) is 11.8 Å². The largest absolute Gasteiger partial charge is 0.460 e. The molecule has 5 aliphatic rings. The highest BCUT2D eigenvalue weighted by Gasteiger charge is 2.72.